The van der Waals surface area contributed by atoms with Gasteiger partial charge in [0.1, 0.15) is 12.5 Å². The van der Waals surface area contributed by atoms with Crippen molar-refractivity contribution in [2.24, 2.45) is 5.41 Å². The van der Waals surface area contributed by atoms with Crippen molar-refractivity contribution in [1.29, 1.82) is 0 Å². The van der Waals surface area contributed by atoms with Crippen LogP contribution in [0.25, 0.3) is 0 Å². The zero-order chi connectivity index (χ0) is 34.7. The SMILES string of the molecule is COc1ccc(CO[C@H](C[C@@H]2CCC(=O)[C@](OC)(C(C)(C)C=CCO[Si](C)(C)C(C)(C)C)O2)[C@@H](C)OCOCc2ccccc2)cc1. The number of rotatable bonds is 18. The van der Waals surface area contributed by atoms with Gasteiger partial charge < -0.3 is 32.8 Å². The molecule has 1 saturated heterocycles. The van der Waals surface area contributed by atoms with Crippen molar-refractivity contribution in [3.05, 3.63) is 77.9 Å². The number of methoxy groups -OCH3 is 2. The van der Waals surface area contributed by atoms with Crippen molar-refractivity contribution < 1.29 is 37.6 Å². The molecule has 0 aromatic heterocycles. The second-order valence-electron chi connectivity index (χ2n) is 14.5. The number of carbonyl (C=O) groups is 1. The number of hydrogen-bond acceptors (Lipinski definition) is 8. The number of carbonyl (C=O) groups excluding carboxylic acids is 1. The van der Waals surface area contributed by atoms with E-state index in [0.29, 0.717) is 39.1 Å². The highest BCUT2D eigenvalue weighted by molar-refractivity contribution is 6.74. The standard InChI is InChI=1S/C38H58O8Si/c1-29(44-28-42-26-30-15-12-11-13-16-30)34(43-27-31-17-19-32(40-7)20-18-31)25-33-21-22-35(39)38(41-8,46-33)37(5,6)23-14-24-45-47(9,10)36(2,3)4/h11-20,23,29,33-34H,21-22,24-28H2,1-10H3/t29-,33+,34-,38-/m1/s1. The van der Waals surface area contributed by atoms with Crippen molar-refractivity contribution in [3.63, 3.8) is 0 Å². The Balaban J connectivity index is 1.71. The van der Waals surface area contributed by atoms with Gasteiger partial charge in [-0.3, -0.25) is 4.79 Å². The predicted octanol–water partition coefficient (Wildman–Crippen LogP) is 8.24. The lowest BCUT2D eigenvalue weighted by Crippen LogP contribution is -2.59. The largest absolute Gasteiger partial charge is 0.497 e. The number of Topliss-reactive ketones (excluding diaryl/α,β-unsaturated/α-hetero) is 1. The molecule has 47 heavy (non-hydrogen) atoms. The van der Waals surface area contributed by atoms with E-state index in [-0.39, 0.29) is 35.9 Å². The molecule has 0 spiro atoms. The first-order valence-corrected chi connectivity index (χ1v) is 19.6. The van der Waals surface area contributed by atoms with Crippen LogP contribution in [0, 0.1) is 5.41 Å². The number of ether oxygens (including phenoxy) is 6. The number of hydrogen-bond donors (Lipinski definition) is 0. The van der Waals surface area contributed by atoms with Crippen molar-refractivity contribution in [2.75, 3.05) is 27.6 Å². The van der Waals surface area contributed by atoms with E-state index in [1.54, 1.807) is 14.2 Å². The molecule has 0 aliphatic carbocycles. The van der Waals surface area contributed by atoms with Gasteiger partial charge in [0.2, 0.25) is 5.79 Å². The van der Waals surface area contributed by atoms with E-state index < -0.39 is 19.5 Å². The normalized spacial score (nSPS) is 20.8. The fourth-order valence-corrected chi connectivity index (χ4v) is 6.37. The first-order chi connectivity index (χ1) is 22.1. The topological polar surface area (TPSA) is 81.7 Å². The predicted molar refractivity (Wildman–Crippen MR) is 188 cm³/mol. The lowest BCUT2D eigenvalue weighted by Gasteiger charge is -2.47. The Kier molecular flexibility index (Phi) is 14.4. The summed E-state index contributed by atoms with van der Waals surface area (Å²) in [6.07, 6.45) is 4.49. The fourth-order valence-electron chi connectivity index (χ4n) is 5.42. The Labute approximate surface area is 284 Å². The second-order valence-corrected chi connectivity index (χ2v) is 19.3. The molecule has 1 aliphatic heterocycles. The van der Waals surface area contributed by atoms with Gasteiger partial charge in [0.25, 0.3) is 0 Å². The van der Waals surface area contributed by atoms with Crippen LogP contribution in [0.3, 0.4) is 0 Å². The van der Waals surface area contributed by atoms with Crippen LogP contribution in [-0.2, 0) is 46.1 Å². The first-order valence-electron chi connectivity index (χ1n) is 16.7. The summed E-state index contributed by atoms with van der Waals surface area (Å²) in [6.45, 7) is 18.5. The molecule has 2 aromatic carbocycles. The van der Waals surface area contributed by atoms with E-state index in [0.717, 1.165) is 16.9 Å². The summed E-state index contributed by atoms with van der Waals surface area (Å²) in [5, 5.41) is 0.112. The van der Waals surface area contributed by atoms with E-state index >= 15 is 0 Å². The van der Waals surface area contributed by atoms with E-state index in [9.17, 15) is 4.79 Å². The highest BCUT2D eigenvalue weighted by atomic mass is 28.4. The molecule has 9 heteroatoms. The van der Waals surface area contributed by atoms with Crippen LogP contribution in [0.2, 0.25) is 18.1 Å². The summed E-state index contributed by atoms with van der Waals surface area (Å²) in [6, 6.07) is 17.8. The third kappa shape index (κ3) is 10.8. The zero-order valence-electron chi connectivity index (χ0n) is 30.3. The minimum absolute atomic E-state index is 0.0643. The Morgan fingerprint density at radius 3 is 2.23 bits per heavy atom. The number of ketones is 1. The molecule has 8 nitrogen and oxygen atoms in total. The van der Waals surface area contributed by atoms with Gasteiger partial charge in [-0.25, -0.2) is 0 Å². The molecular weight excluding hydrogens is 612 g/mol. The van der Waals surface area contributed by atoms with E-state index in [4.69, 9.17) is 32.8 Å². The van der Waals surface area contributed by atoms with Crippen LogP contribution in [0.1, 0.15) is 71.9 Å². The minimum atomic E-state index is -1.91. The fraction of sp³-hybridized carbons (Fsp3) is 0.605. The third-order valence-corrected chi connectivity index (χ3v) is 14.1. The molecule has 0 bridgehead atoms. The lowest BCUT2D eigenvalue weighted by atomic mass is 9.77. The summed E-state index contributed by atoms with van der Waals surface area (Å²) >= 11 is 0. The molecule has 1 fully saturated rings. The van der Waals surface area contributed by atoms with Crippen LogP contribution < -0.4 is 4.74 Å². The van der Waals surface area contributed by atoms with Crippen molar-refractivity contribution >= 4 is 14.1 Å². The Morgan fingerprint density at radius 1 is 0.957 bits per heavy atom. The summed E-state index contributed by atoms with van der Waals surface area (Å²) in [7, 11) is 1.29. The maximum absolute atomic E-state index is 13.5. The van der Waals surface area contributed by atoms with E-state index in [1.807, 2.05) is 87.5 Å². The second kappa shape index (κ2) is 17.3. The van der Waals surface area contributed by atoms with Crippen LogP contribution in [0.4, 0.5) is 0 Å². The van der Waals surface area contributed by atoms with Gasteiger partial charge in [0.05, 0.1) is 45.2 Å². The average molecular weight is 671 g/mol. The van der Waals surface area contributed by atoms with Gasteiger partial charge in [0, 0.05) is 25.4 Å². The maximum Gasteiger partial charge on any atom is 0.237 e. The maximum atomic E-state index is 13.5. The molecule has 0 amide bonds. The van der Waals surface area contributed by atoms with Gasteiger partial charge >= 0.3 is 0 Å². The molecule has 0 N–H and O–H groups in total. The zero-order valence-corrected chi connectivity index (χ0v) is 31.3. The van der Waals surface area contributed by atoms with Crippen LogP contribution >= 0.6 is 0 Å². The Bertz CT molecular complexity index is 1250. The van der Waals surface area contributed by atoms with Crippen LogP contribution in [-0.4, -0.2) is 65.8 Å². The molecule has 4 atom stereocenters. The monoisotopic (exact) mass is 670 g/mol. The Hall–Kier alpha value is -2.37. The highest BCUT2D eigenvalue weighted by Crippen LogP contribution is 2.43. The summed E-state index contributed by atoms with van der Waals surface area (Å²) in [5.41, 5.74) is 1.34. The summed E-state index contributed by atoms with van der Waals surface area (Å²) in [5.74, 6) is -0.713. The van der Waals surface area contributed by atoms with Gasteiger partial charge in [-0.15, -0.1) is 0 Å². The quantitative estimate of drug-likeness (QED) is 0.0679. The van der Waals surface area contributed by atoms with Crippen molar-refractivity contribution in [2.45, 2.75) is 116 Å². The lowest BCUT2D eigenvalue weighted by molar-refractivity contribution is -0.286. The Morgan fingerprint density at radius 2 is 1.62 bits per heavy atom. The molecular formula is C38H58O8Si. The van der Waals surface area contributed by atoms with Gasteiger partial charge in [0.15, 0.2) is 14.1 Å². The van der Waals surface area contributed by atoms with Crippen molar-refractivity contribution in [1.82, 2.24) is 0 Å². The van der Waals surface area contributed by atoms with E-state index in [1.165, 1.54) is 0 Å². The molecule has 2 aromatic rings. The molecule has 1 heterocycles. The molecule has 0 saturated carbocycles. The molecule has 0 radical (unpaired) electrons. The molecule has 3 rings (SSSR count). The van der Waals surface area contributed by atoms with Crippen molar-refractivity contribution in [3.8, 4) is 5.75 Å². The van der Waals surface area contributed by atoms with Gasteiger partial charge in [-0.2, -0.15) is 0 Å². The van der Waals surface area contributed by atoms with Gasteiger partial charge in [-0.05, 0) is 54.7 Å². The average Bonchev–Trinajstić information content (AvgIpc) is 3.04. The first kappa shape index (κ1) is 39.1. The van der Waals surface area contributed by atoms with Crippen LogP contribution in [0.15, 0.2) is 66.7 Å². The summed E-state index contributed by atoms with van der Waals surface area (Å²) in [4.78, 5) is 13.5. The molecule has 1 aliphatic rings. The van der Waals surface area contributed by atoms with E-state index in [2.05, 4.69) is 33.9 Å². The van der Waals surface area contributed by atoms with Gasteiger partial charge in [-0.1, -0.05) is 89.2 Å². The molecule has 262 valence electrons. The van der Waals surface area contributed by atoms with Crippen LogP contribution in [0.5, 0.6) is 5.75 Å². The number of benzene rings is 2. The summed E-state index contributed by atoms with van der Waals surface area (Å²) < 4.78 is 42.7. The highest BCUT2D eigenvalue weighted by Gasteiger charge is 2.55. The smallest absolute Gasteiger partial charge is 0.237 e. The third-order valence-electron chi connectivity index (χ3n) is 9.58. The minimum Gasteiger partial charge on any atom is -0.497 e. The molecule has 0 unspecified atom stereocenters.